The molecule has 0 aliphatic carbocycles. The fraction of sp³-hybridized carbons (Fsp3) is 0.250. The van der Waals surface area contributed by atoms with Gasteiger partial charge in [0.1, 0.15) is 0 Å². The van der Waals surface area contributed by atoms with Gasteiger partial charge in [0.15, 0.2) is 0 Å². The van der Waals surface area contributed by atoms with E-state index >= 15 is 0 Å². The first kappa shape index (κ1) is 9.93. The highest BCUT2D eigenvalue weighted by molar-refractivity contribution is 5.16. The van der Waals surface area contributed by atoms with Gasteiger partial charge in [0, 0.05) is 36.9 Å². The highest BCUT2D eigenvalue weighted by Gasteiger charge is 1.99. The van der Waals surface area contributed by atoms with Crippen LogP contribution in [0.4, 0.5) is 0 Å². The molecule has 2 aromatic rings. The van der Waals surface area contributed by atoms with Gasteiger partial charge in [-0.3, -0.25) is 4.98 Å². The summed E-state index contributed by atoms with van der Waals surface area (Å²) < 4.78 is 2.15. The van der Waals surface area contributed by atoms with Gasteiger partial charge in [0.2, 0.25) is 0 Å². The van der Waals surface area contributed by atoms with Gasteiger partial charge in [0.05, 0.1) is 0 Å². The van der Waals surface area contributed by atoms with E-state index in [-0.39, 0.29) is 0 Å². The SMILES string of the molecule is Cc1ccc(Cn2cccc2CN)cn1. The average Bonchev–Trinajstić information content (AvgIpc) is 2.69. The minimum Gasteiger partial charge on any atom is -0.346 e. The molecule has 2 aromatic heterocycles. The van der Waals surface area contributed by atoms with E-state index in [1.165, 1.54) is 5.56 Å². The van der Waals surface area contributed by atoms with Crippen LogP contribution in [0.1, 0.15) is 17.0 Å². The summed E-state index contributed by atoms with van der Waals surface area (Å²) in [6.07, 6.45) is 3.96. The number of pyridine rings is 1. The van der Waals surface area contributed by atoms with Gasteiger partial charge in [-0.1, -0.05) is 6.07 Å². The fourth-order valence-corrected chi connectivity index (χ4v) is 1.58. The summed E-state index contributed by atoms with van der Waals surface area (Å²) in [7, 11) is 0. The van der Waals surface area contributed by atoms with Crippen molar-refractivity contribution < 1.29 is 0 Å². The summed E-state index contributed by atoms with van der Waals surface area (Å²) in [5, 5.41) is 0. The molecule has 0 radical (unpaired) electrons. The number of hydrogen-bond acceptors (Lipinski definition) is 2. The molecule has 78 valence electrons. The second-order valence-corrected chi connectivity index (χ2v) is 3.64. The smallest absolute Gasteiger partial charge is 0.0488 e. The van der Waals surface area contributed by atoms with Crippen molar-refractivity contribution in [1.82, 2.24) is 9.55 Å². The van der Waals surface area contributed by atoms with E-state index in [0.717, 1.165) is 17.9 Å². The third-order valence-corrected chi connectivity index (χ3v) is 2.46. The maximum atomic E-state index is 5.64. The van der Waals surface area contributed by atoms with E-state index in [1.54, 1.807) is 0 Å². The van der Waals surface area contributed by atoms with E-state index in [9.17, 15) is 0 Å². The minimum atomic E-state index is 0.576. The summed E-state index contributed by atoms with van der Waals surface area (Å²) in [6.45, 7) is 3.41. The summed E-state index contributed by atoms with van der Waals surface area (Å²) in [5.74, 6) is 0. The van der Waals surface area contributed by atoms with Crippen molar-refractivity contribution in [3.05, 3.63) is 53.6 Å². The predicted octanol–water partition coefficient (Wildman–Crippen LogP) is 1.70. The lowest BCUT2D eigenvalue weighted by atomic mass is 10.2. The van der Waals surface area contributed by atoms with Crippen molar-refractivity contribution in [2.45, 2.75) is 20.0 Å². The second kappa shape index (κ2) is 4.28. The van der Waals surface area contributed by atoms with Crippen molar-refractivity contribution >= 4 is 0 Å². The largest absolute Gasteiger partial charge is 0.346 e. The molecule has 0 spiro atoms. The number of hydrogen-bond donors (Lipinski definition) is 1. The summed E-state index contributed by atoms with van der Waals surface area (Å²) in [6, 6.07) is 8.19. The van der Waals surface area contributed by atoms with Crippen LogP contribution in [0.2, 0.25) is 0 Å². The molecule has 0 amide bonds. The maximum absolute atomic E-state index is 5.64. The van der Waals surface area contributed by atoms with Gasteiger partial charge < -0.3 is 10.3 Å². The molecule has 15 heavy (non-hydrogen) atoms. The van der Waals surface area contributed by atoms with Crippen LogP contribution in [0.5, 0.6) is 0 Å². The number of aromatic nitrogens is 2. The van der Waals surface area contributed by atoms with Gasteiger partial charge in [-0.15, -0.1) is 0 Å². The highest BCUT2D eigenvalue weighted by atomic mass is 15.0. The molecule has 2 rings (SSSR count). The maximum Gasteiger partial charge on any atom is 0.0488 e. The minimum absolute atomic E-state index is 0.576. The molecule has 0 saturated carbocycles. The normalized spacial score (nSPS) is 10.5. The van der Waals surface area contributed by atoms with Gasteiger partial charge >= 0.3 is 0 Å². The first-order valence-corrected chi connectivity index (χ1v) is 5.05. The lowest BCUT2D eigenvalue weighted by Crippen LogP contribution is -2.07. The van der Waals surface area contributed by atoms with Crippen LogP contribution < -0.4 is 5.73 Å². The van der Waals surface area contributed by atoms with Crippen molar-refractivity contribution in [2.75, 3.05) is 0 Å². The first-order valence-electron chi connectivity index (χ1n) is 5.05. The Morgan fingerprint density at radius 3 is 2.87 bits per heavy atom. The Bertz CT molecular complexity index is 428. The lowest BCUT2D eigenvalue weighted by Gasteiger charge is -2.07. The molecule has 0 saturated heterocycles. The van der Waals surface area contributed by atoms with Crippen LogP contribution in [0.15, 0.2) is 36.7 Å². The highest BCUT2D eigenvalue weighted by Crippen LogP contribution is 2.07. The molecule has 0 unspecified atom stereocenters. The lowest BCUT2D eigenvalue weighted by molar-refractivity contribution is 0.741. The molecule has 2 heterocycles. The van der Waals surface area contributed by atoms with Crippen molar-refractivity contribution in [2.24, 2.45) is 5.73 Å². The standard InChI is InChI=1S/C12H15N3/c1-10-4-5-11(8-14-10)9-15-6-2-3-12(15)7-13/h2-6,8H,7,9,13H2,1H3. The zero-order chi connectivity index (χ0) is 10.7. The quantitative estimate of drug-likeness (QED) is 0.821. The van der Waals surface area contributed by atoms with Crippen molar-refractivity contribution in [3.63, 3.8) is 0 Å². The van der Waals surface area contributed by atoms with Crippen LogP contribution in [-0.4, -0.2) is 9.55 Å². The fourth-order valence-electron chi connectivity index (χ4n) is 1.58. The van der Waals surface area contributed by atoms with E-state index in [0.29, 0.717) is 6.54 Å². The van der Waals surface area contributed by atoms with Gasteiger partial charge in [-0.25, -0.2) is 0 Å². The Kier molecular flexibility index (Phi) is 2.83. The van der Waals surface area contributed by atoms with Gasteiger partial charge in [0.25, 0.3) is 0 Å². The summed E-state index contributed by atoms with van der Waals surface area (Å²) in [5.41, 5.74) is 9.03. The molecule has 0 aliphatic heterocycles. The Hall–Kier alpha value is -1.61. The average molecular weight is 201 g/mol. The Morgan fingerprint density at radius 2 is 2.20 bits per heavy atom. The van der Waals surface area contributed by atoms with Crippen LogP contribution >= 0.6 is 0 Å². The molecule has 2 N–H and O–H groups in total. The molecule has 3 heteroatoms. The summed E-state index contributed by atoms with van der Waals surface area (Å²) >= 11 is 0. The third kappa shape index (κ3) is 2.25. The van der Waals surface area contributed by atoms with E-state index in [2.05, 4.69) is 15.6 Å². The first-order chi connectivity index (χ1) is 7.29. The van der Waals surface area contributed by atoms with Crippen LogP contribution in [0.3, 0.4) is 0 Å². The predicted molar refractivity (Wildman–Crippen MR) is 60.4 cm³/mol. The molecule has 0 aromatic carbocycles. The molecule has 3 nitrogen and oxygen atoms in total. The topological polar surface area (TPSA) is 43.8 Å². The monoisotopic (exact) mass is 201 g/mol. The Balaban J connectivity index is 2.18. The molecular formula is C12H15N3. The molecule has 0 bridgehead atoms. The molecule has 0 fully saturated rings. The number of nitrogens with two attached hydrogens (primary N) is 1. The molecular weight excluding hydrogens is 186 g/mol. The van der Waals surface area contributed by atoms with Crippen molar-refractivity contribution in [1.29, 1.82) is 0 Å². The zero-order valence-corrected chi connectivity index (χ0v) is 8.85. The van der Waals surface area contributed by atoms with Gasteiger partial charge in [-0.05, 0) is 30.7 Å². The molecule has 0 aliphatic rings. The number of nitrogens with zero attached hydrogens (tertiary/aromatic N) is 2. The third-order valence-electron chi connectivity index (χ3n) is 2.46. The Labute approximate surface area is 89.6 Å². The van der Waals surface area contributed by atoms with E-state index in [4.69, 9.17) is 5.73 Å². The van der Waals surface area contributed by atoms with Crippen LogP contribution in [-0.2, 0) is 13.1 Å². The zero-order valence-electron chi connectivity index (χ0n) is 8.85. The van der Waals surface area contributed by atoms with E-state index < -0.39 is 0 Å². The molecule has 0 atom stereocenters. The van der Waals surface area contributed by atoms with Gasteiger partial charge in [-0.2, -0.15) is 0 Å². The van der Waals surface area contributed by atoms with Crippen molar-refractivity contribution in [3.8, 4) is 0 Å². The number of rotatable bonds is 3. The Morgan fingerprint density at radius 1 is 1.33 bits per heavy atom. The number of aryl methyl sites for hydroxylation is 1. The van der Waals surface area contributed by atoms with E-state index in [1.807, 2.05) is 37.5 Å². The summed E-state index contributed by atoms with van der Waals surface area (Å²) in [4.78, 5) is 4.27. The second-order valence-electron chi connectivity index (χ2n) is 3.64. The van der Waals surface area contributed by atoms with Crippen LogP contribution in [0, 0.1) is 6.92 Å². The van der Waals surface area contributed by atoms with Crippen LogP contribution in [0.25, 0.3) is 0 Å².